The molecule has 1 fully saturated rings. The van der Waals surface area contributed by atoms with Crippen LogP contribution in [0.2, 0.25) is 0 Å². The first-order valence-electron chi connectivity index (χ1n) is 3.86. The van der Waals surface area contributed by atoms with Gasteiger partial charge in [-0.05, 0) is 7.05 Å². The van der Waals surface area contributed by atoms with Crippen molar-refractivity contribution in [2.75, 3.05) is 39.9 Å². The summed E-state index contributed by atoms with van der Waals surface area (Å²) in [6, 6.07) is 0. The highest BCUT2D eigenvalue weighted by Crippen LogP contribution is 1.96. The molecular weight excluding hydrogens is 128 g/mol. The monoisotopic (exact) mass is 144 g/mol. The predicted octanol–water partition coefficient (Wildman–Crippen LogP) is -0.558. The van der Waals surface area contributed by atoms with E-state index in [4.69, 9.17) is 4.74 Å². The van der Waals surface area contributed by atoms with Gasteiger partial charge in [-0.15, -0.1) is 0 Å². The van der Waals surface area contributed by atoms with E-state index in [-0.39, 0.29) is 0 Å². The van der Waals surface area contributed by atoms with Gasteiger partial charge in [-0.25, -0.2) is 0 Å². The topological polar surface area (TPSA) is 33.3 Å². The SMILES string of the molecule is CNCC1CNCCOC1. The van der Waals surface area contributed by atoms with E-state index in [0.29, 0.717) is 5.92 Å². The third kappa shape index (κ3) is 2.64. The number of ether oxygens (including phenoxy) is 1. The number of hydrogen-bond acceptors (Lipinski definition) is 3. The molecule has 1 aliphatic heterocycles. The van der Waals surface area contributed by atoms with Gasteiger partial charge in [-0.1, -0.05) is 0 Å². The van der Waals surface area contributed by atoms with Crippen LogP contribution in [-0.2, 0) is 4.74 Å². The first-order chi connectivity index (χ1) is 4.93. The van der Waals surface area contributed by atoms with Crippen molar-refractivity contribution in [2.24, 2.45) is 5.92 Å². The molecule has 1 heterocycles. The minimum Gasteiger partial charge on any atom is -0.380 e. The molecule has 0 aliphatic carbocycles. The summed E-state index contributed by atoms with van der Waals surface area (Å²) < 4.78 is 5.36. The van der Waals surface area contributed by atoms with Gasteiger partial charge in [0, 0.05) is 25.6 Å². The summed E-state index contributed by atoms with van der Waals surface area (Å²) >= 11 is 0. The molecule has 3 nitrogen and oxygen atoms in total. The zero-order valence-corrected chi connectivity index (χ0v) is 6.52. The van der Waals surface area contributed by atoms with Crippen molar-refractivity contribution in [3.05, 3.63) is 0 Å². The zero-order valence-electron chi connectivity index (χ0n) is 6.52. The molecule has 0 aromatic rings. The fraction of sp³-hybridized carbons (Fsp3) is 1.00. The molecule has 0 spiro atoms. The van der Waals surface area contributed by atoms with Gasteiger partial charge in [0.05, 0.1) is 13.2 Å². The fourth-order valence-corrected chi connectivity index (χ4v) is 1.18. The molecule has 0 aromatic carbocycles. The summed E-state index contributed by atoms with van der Waals surface area (Å²) in [7, 11) is 1.98. The molecule has 0 radical (unpaired) electrons. The second-order valence-electron chi connectivity index (χ2n) is 2.70. The lowest BCUT2D eigenvalue weighted by atomic mass is 10.1. The third-order valence-corrected chi connectivity index (χ3v) is 1.70. The standard InChI is InChI=1S/C7H16N2O/c1-8-4-7-5-9-2-3-10-6-7/h7-9H,2-6H2,1H3. The van der Waals surface area contributed by atoms with Crippen LogP contribution in [0.25, 0.3) is 0 Å². The van der Waals surface area contributed by atoms with Gasteiger partial charge in [0.25, 0.3) is 0 Å². The Balaban J connectivity index is 2.15. The van der Waals surface area contributed by atoms with Gasteiger partial charge in [-0.3, -0.25) is 0 Å². The van der Waals surface area contributed by atoms with Crippen molar-refractivity contribution in [3.8, 4) is 0 Å². The highest BCUT2D eigenvalue weighted by Gasteiger charge is 2.09. The van der Waals surface area contributed by atoms with E-state index < -0.39 is 0 Å². The lowest BCUT2D eigenvalue weighted by molar-refractivity contribution is 0.123. The zero-order chi connectivity index (χ0) is 7.23. The normalized spacial score (nSPS) is 27.9. The molecule has 60 valence electrons. The van der Waals surface area contributed by atoms with Crippen LogP contribution in [0.1, 0.15) is 0 Å². The van der Waals surface area contributed by atoms with Gasteiger partial charge in [0.2, 0.25) is 0 Å². The number of nitrogens with one attached hydrogen (secondary N) is 2. The molecule has 1 saturated heterocycles. The predicted molar refractivity (Wildman–Crippen MR) is 41.1 cm³/mol. The van der Waals surface area contributed by atoms with Gasteiger partial charge in [0.1, 0.15) is 0 Å². The summed E-state index contributed by atoms with van der Waals surface area (Å²) in [5.74, 6) is 0.646. The van der Waals surface area contributed by atoms with Gasteiger partial charge in [-0.2, -0.15) is 0 Å². The Morgan fingerprint density at radius 3 is 3.40 bits per heavy atom. The number of rotatable bonds is 2. The van der Waals surface area contributed by atoms with Crippen LogP contribution in [0.3, 0.4) is 0 Å². The minimum atomic E-state index is 0.646. The lowest BCUT2D eigenvalue weighted by Gasteiger charge is -2.11. The number of hydrogen-bond donors (Lipinski definition) is 2. The van der Waals surface area contributed by atoms with E-state index in [1.807, 2.05) is 7.05 Å². The Morgan fingerprint density at radius 1 is 1.70 bits per heavy atom. The Morgan fingerprint density at radius 2 is 2.60 bits per heavy atom. The summed E-state index contributed by atoms with van der Waals surface area (Å²) in [6.45, 7) is 4.89. The summed E-state index contributed by atoms with van der Waals surface area (Å²) in [5.41, 5.74) is 0. The second kappa shape index (κ2) is 4.66. The van der Waals surface area contributed by atoms with Crippen molar-refractivity contribution < 1.29 is 4.74 Å². The first-order valence-corrected chi connectivity index (χ1v) is 3.86. The van der Waals surface area contributed by atoms with E-state index in [2.05, 4.69) is 10.6 Å². The van der Waals surface area contributed by atoms with Crippen LogP contribution in [-0.4, -0.2) is 39.9 Å². The highest BCUT2D eigenvalue weighted by molar-refractivity contribution is 4.66. The Bertz CT molecular complexity index is 79.7. The van der Waals surface area contributed by atoms with Crippen molar-refractivity contribution >= 4 is 0 Å². The molecule has 1 atom stereocenters. The van der Waals surface area contributed by atoms with E-state index >= 15 is 0 Å². The largest absolute Gasteiger partial charge is 0.380 e. The van der Waals surface area contributed by atoms with Crippen molar-refractivity contribution in [2.45, 2.75) is 0 Å². The molecule has 3 heteroatoms. The maximum atomic E-state index is 5.36. The third-order valence-electron chi connectivity index (χ3n) is 1.70. The van der Waals surface area contributed by atoms with E-state index in [9.17, 15) is 0 Å². The average molecular weight is 144 g/mol. The summed E-state index contributed by atoms with van der Waals surface area (Å²) in [5, 5.41) is 6.46. The fourth-order valence-electron chi connectivity index (χ4n) is 1.18. The molecule has 0 aromatic heterocycles. The van der Waals surface area contributed by atoms with Crippen molar-refractivity contribution in [1.29, 1.82) is 0 Å². The lowest BCUT2D eigenvalue weighted by Crippen LogP contribution is -2.30. The molecule has 0 bridgehead atoms. The van der Waals surface area contributed by atoms with Crippen molar-refractivity contribution in [1.82, 2.24) is 10.6 Å². The van der Waals surface area contributed by atoms with Crippen LogP contribution < -0.4 is 10.6 Å². The van der Waals surface area contributed by atoms with Crippen LogP contribution in [0, 0.1) is 5.92 Å². The Kier molecular flexibility index (Phi) is 3.72. The van der Waals surface area contributed by atoms with Gasteiger partial charge in [0.15, 0.2) is 0 Å². The molecule has 0 amide bonds. The van der Waals surface area contributed by atoms with E-state index in [0.717, 1.165) is 32.8 Å². The minimum absolute atomic E-state index is 0.646. The summed E-state index contributed by atoms with van der Waals surface area (Å²) in [6.07, 6.45) is 0. The maximum absolute atomic E-state index is 5.36. The van der Waals surface area contributed by atoms with Crippen LogP contribution in [0.4, 0.5) is 0 Å². The van der Waals surface area contributed by atoms with Crippen LogP contribution in [0.15, 0.2) is 0 Å². The molecule has 2 N–H and O–H groups in total. The maximum Gasteiger partial charge on any atom is 0.0591 e. The quantitative estimate of drug-likeness (QED) is 0.545. The van der Waals surface area contributed by atoms with Crippen LogP contribution >= 0.6 is 0 Å². The average Bonchev–Trinajstić information content (AvgIpc) is 2.17. The second-order valence-corrected chi connectivity index (χ2v) is 2.70. The van der Waals surface area contributed by atoms with Crippen LogP contribution in [0.5, 0.6) is 0 Å². The van der Waals surface area contributed by atoms with Gasteiger partial charge < -0.3 is 15.4 Å². The first kappa shape index (κ1) is 7.98. The molecule has 0 saturated carbocycles. The Labute approximate surface area is 62.1 Å². The van der Waals surface area contributed by atoms with Crippen molar-refractivity contribution in [3.63, 3.8) is 0 Å². The van der Waals surface area contributed by atoms with E-state index in [1.54, 1.807) is 0 Å². The molecule has 1 rings (SSSR count). The molecule has 1 unspecified atom stereocenters. The smallest absolute Gasteiger partial charge is 0.0591 e. The highest BCUT2D eigenvalue weighted by atomic mass is 16.5. The molecular formula is C7H16N2O. The van der Waals surface area contributed by atoms with E-state index in [1.165, 1.54) is 0 Å². The molecule has 10 heavy (non-hydrogen) atoms. The summed E-state index contributed by atoms with van der Waals surface area (Å²) in [4.78, 5) is 0. The molecule has 1 aliphatic rings. The van der Waals surface area contributed by atoms with Gasteiger partial charge >= 0.3 is 0 Å². The Hall–Kier alpha value is -0.120.